The first-order valence-electron chi connectivity index (χ1n) is 6.13. The second kappa shape index (κ2) is 6.19. The van der Waals surface area contributed by atoms with Crippen molar-refractivity contribution in [2.75, 3.05) is 6.54 Å². The Labute approximate surface area is 124 Å². The minimum Gasteiger partial charge on any atom is -0.480 e. The van der Waals surface area contributed by atoms with Gasteiger partial charge >= 0.3 is 5.97 Å². The van der Waals surface area contributed by atoms with E-state index in [1.165, 1.54) is 11.0 Å². The Morgan fingerprint density at radius 1 is 1.35 bits per heavy atom. The standard InChI is InChI=1S/C14H14BrNO4/c15-11-4-2-1-3-9(11)5-6-13(18)16-8-10(17)7-12(16)14(19)20/h1-6,10,12,17H,7-8H2,(H,19,20)/t10-,12+/m1/s1. The number of carboxylic acids is 1. The second-order valence-corrected chi connectivity index (χ2v) is 5.44. The van der Waals surface area contributed by atoms with E-state index in [2.05, 4.69) is 15.9 Å². The molecule has 1 amide bonds. The quantitative estimate of drug-likeness (QED) is 0.818. The summed E-state index contributed by atoms with van der Waals surface area (Å²) in [5.41, 5.74) is 0.826. The van der Waals surface area contributed by atoms with Crippen molar-refractivity contribution in [2.24, 2.45) is 0 Å². The van der Waals surface area contributed by atoms with Gasteiger partial charge in [0.15, 0.2) is 0 Å². The minimum atomic E-state index is -1.09. The highest BCUT2D eigenvalue weighted by atomic mass is 79.9. The van der Waals surface area contributed by atoms with Crippen molar-refractivity contribution in [3.8, 4) is 0 Å². The van der Waals surface area contributed by atoms with Gasteiger partial charge in [-0.25, -0.2) is 4.79 Å². The summed E-state index contributed by atoms with van der Waals surface area (Å²) >= 11 is 3.36. The lowest BCUT2D eigenvalue weighted by Gasteiger charge is -2.19. The Morgan fingerprint density at radius 2 is 2.05 bits per heavy atom. The van der Waals surface area contributed by atoms with Gasteiger partial charge in [0.2, 0.25) is 5.91 Å². The molecule has 106 valence electrons. The normalized spacial score (nSPS) is 22.4. The van der Waals surface area contributed by atoms with E-state index in [1.807, 2.05) is 24.3 Å². The summed E-state index contributed by atoms with van der Waals surface area (Å²) < 4.78 is 0.847. The molecule has 1 aliphatic rings. The molecular weight excluding hydrogens is 326 g/mol. The van der Waals surface area contributed by atoms with Gasteiger partial charge in [-0.15, -0.1) is 0 Å². The third kappa shape index (κ3) is 3.26. The van der Waals surface area contributed by atoms with Crippen LogP contribution in [-0.2, 0) is 9.59 Å². The van der Waals surface area contributed by atoms with Gasteiger partial charge < -0.3 is 15.1 Å². The van der Waals surface area contributed by atoms with Crippen molar-refractivity contribution in [2.45, 2.75) is 18.6 Å². The van der Waals surface area contributed by atoms with Crippen LogP contribution in [0.2, 0.25) is 0 Å². The Hall–Kier alpha value is -1.66. The van der Waals surface area contributed by atoms with E-state index in [1.54, 1.807) is 6.08 Å². The fraction of sp³-hybridized carbons (Fsp3) is 0.286. The van der Waals surface area contributed by atoms with E-state index in [0.717, 1.165) is 10.0 Å². The highest BCUT2D eigenvalue weighted by Crippen LogP contribution is 2.20. The molecule has 0 aliphatic carbocycles. The van der Waals surface area contributed by atoms with Gasteiger partial charge in [-0.3, -0.25) is 4.79 Å². The van der Waals surface area contributed by atoms with Crippen LogP contribution >= 0.6 is 15.9 Å². The zero-order valence-corrected chi connectivity index (χ0v) is 12.2. The minimum absolute atomic E-state index is 0.0517. The van der Waals surface area contributed by atoms with Gasteiger partial charge in [0, 0.05) is 23.5 Å². The first-order chi connectivity index (χ1) is 9.49. The number of hydrogen-bond donors (Lipinski definition) is 2. The number of halogens is 1. The van der Waals surface area contributed by atoms with Gasteiger partial charge in [-0.1, -0.05) is 34.1 Å². The van der Waals surface area contributed by atoms with Crippen LogP contribution in [0.5, 0.6) is 0 Å². The van der Waals surface area contributed by atoms with E-state index in [0.29, 0.717) is 0 Å². The van der Waals surface area contributed by atoms with Crippen molar-refractivity contribution in [3.63, 3.8) is 0 Å². The summed E-state index contributed by atoms with van der Waals surface area (Å²) in [6.07, 6.45) is 2.24. The highest BCUT2D eigenvalue weighted by molar-refractivity contribution is 9.10. The summed E-state index contributed by atoms with van der Waals surface area (Å²) in [6.45, 7) is 0.0517. The molecule has 2 N–H and O–H groups in total. The number of nitrogens with zero attached hydrogens (tertiary/aromatic N) is 1. The maximum Gasteiger partial charge on any atom is 0.326 e. The number of aliphatic hydroxyl groups excluding tert-OH is 1. The molecule has 1 fully saturated rings. The SMILES string of the molecule is O=C(O)[C@@H]1C[C@@H](O)CN1C(=O)C=Cc1ccccc1Br. The van der Waals surface area contributed by atoms with Crippen LogP contribution in [0.25, 0.3) is 6.08 Å². The average Bonchev–Trinajstić information content (AvgIpc) is 2.80. The van der Waals surface area contributed by atoms with Gasteiger partial charge in [-0.05, 0) is 17.7 Å². The average molecular weight is 340 g/mol. The van der Waals surface area contributed by atoms with Crippen LogP contribution in [0.15, 0.2) is 34.8 Å². The van der Waals surface area contributed by atoms with Crippen molar-refractivity contribution in [1.82, 2.24) is 4.90 Å². The predicted octanol–water partition coefficient (Wildman–Crippen LogP) is 1.51. The highest BCUT2D eigenvalue weighted by Gasteiger charge is 2.37. The summed E-state index contributed by atoms with van der Waals surface area (Å²) in [5, 5.41) is 18.6. The summed E-state index contributed by atoms with van der Waals surface area (Å²) in [7, 11) is 0. The van der Waals surface area contributed by atoms with Crippen LogP contribution in [0.4, 0.5) is 0 Å². The van der Waals surface area contributed by atoms with Crippen LogP contribution in [-0.4, -0.2) is 45.7 Å². The molecule has 0 spiro atoms. The van der Waals surface area contributed by atoms with Crippen LogP contribution in [0.1, 0.15) is 12.0 Å². The Kier molecular flexibility index (Phi) is 4.57. The number of carbonyl (C=O) groups is 2. The molecule has 0 unspecified atom stereocenters. The molecule has 0 aromatic heterocycles. The molecule has 1 aliphatic heterocycles. The maximum absolute atomic E-state index is 12.0. The fourth-order valence-electron chi connectivity index (χ4n) is 2.16. The molecule has 2 atom stereocenters. The molecular formula is C14H14BrNO4. The maximum atomic E-state index is 12.0. The molecule has 1 aromatic rings. The summed E-state index contributed by atoms with van der Waals surface area (Å²) in [4.78, 5) is 24.3. The smallest absolute Gasteiger partial charge is 0.326 e. The third-order valence-corrected chi connectivity index (χ3v) is 3.88. The molecule has 20 heavy (non-hydrogen) atoms. The Balaban J connectivity index is 2.12. The van der Waals surface area contributed by atoms with E-state index in [-0.39, 0.29) is 13.0 Å². The zero-order chi connectivity index (χ0) is 14.7. The molecule has 0 saturated carbocycles. The second-order valence-electron chi connectivity index (χ2n) is 4.59. The lowest BCUT2D eigenvalue weighted by molar-refractivity contribution is -0.146. The number of benzene rings is 1. The Bertz CT molecular complexity index is 558. The Morgan fingerprint density at radius 3 is 2.70 bits per heavy atom. The molecule has 5 nitrogen and oxygen atoms in total. The molecule has 6 heteroatoms. The monoisotopic (exact) mass is 339 g/mol. The number of amides is 1. The molecule has 0 bridgehead atoms. The number of hydrogen-bond acceptors (Lipinski definition) is 3. The van der Waals surface area contributed by atoms with Gasteiger partial charge in [-0.2, -0.15) is 0 Å². The number of carboxylic acid groups (broad SMARTS) is 1. The number of rotatable bonds is 3. The molecule has 0 radical (unpaired) electrons. The van der Waals surface area contributed by atoms with Crippen molar-refractivity contribution < 1.29 is 19.8 Å². The molecule has 1 saturated heterocycles. The zero-order valence-electron chi connectivity index (χ0n) is 10.6. The third-order valence-electron chi connectivity index (χ3n) is 3.16. The van der Waals surface area contributed by atoms with E-state index in [4.69, 9.17) is 5.11 Å². The number of aliphatic carboxylic acids is 1. The fourth-order valence-corrected chi connectivity index (χ4v) is 2.58. The van der Waals surface area contributed by atoms with Gasteiger partial charge in [0.05, 0.1) is 6.10 Å². The first kappa shape index (κ1) is 14.7. The number of likely N-dealkylation sites (tertiary alicyclic amines) is 1. The van der Waals surface area contributed by atoms with E-state index in [9.17, 15) is 14.7 Å². The molecule has 1 heterocycles. The number of β-amino-alcohol motifs (C(OH)–C–C–N with tert-alkyl or cyclic N) is 1. The number of aliphatic hydroxyl groups is 1. The summed E-state index contributed by atoms with van der Waals surface area (Å²) in [5.74, 6) is -1.51. The van der Waals surface area contributed by atoms with Crippen molar-refractivity contribution in [1.29, 1.82) is 0 Å². The van der Waals surface area contributed by atoms with Crippen molar-refractivity contribution >= 4 is 33.9 Å². The topological polar surface area (TPSA) is 77.8 Å². The van der Waals surface area contributed by atoms with Crippen molar-refractivity contribution in [3.05, 3.63) is 40.4 Å². The molecule has 2 rings (SSSR count). The number of carbonyl (C=O) groups excluding carboxylic acids is 1. The predicted molar refractivity (Wildman–Crippen MR) is 76.9 cm³/mol. The van der Waals surface area contributed by atoms with Crippen LogP contribution in [0, 0.1) is 0 Å². The lowest BCUT2D eigenvalue weighted by Crippen LogP contribution is -2.39. The first-order valence-corrected chi connectivity index (χ1v) is 6.92. The van der Waals surface area contributed by atoms with Gasteiger partial charge in [0.1, 0.15) is 6.04 Å². The van der Waals surface area contributed by atoms with E-state index < -0.39 is 24.0 Å². The van der Waals surface area contributed by atoms with Gasteiger partial charge in [0.25, 0.3) is 0 Å². The van der Waals surface area contributed by atoms with E-state index >= 15 is 0 Å². The van der Waals surface area contributed by atoms with Crippen LogP contribution in [0.3, 0.4) is 0 Å². The molecule has 1 aromatic carbocycles. The summed E-state index contributed by atoms with van der Waals surface area (Å²) in [6, 6.07) is 6.43. The lowest BCUT2D eigenvalue weighted by atomic mass is 10.2. The van der Waals surface area contributed by atoms with Crippen LogP contribution < -0.4 is 0 Å². The largest absolute Gasteiger partial charge is 0.480 e.